The molecule has 2 aromatic rings. The minimum atomic E-state index is -0.480. The van der Waals surface area contributed by atoms with E-state index in [1.165, 1.54) is 11.3 Å². The van der Waals surface area contributed by atoms with Crippen molar-refractivity contribution in [2.45, 2.75) is 13.5 Å². The Labute approximate surface area is 100 Å². The molecule has 2 heterocycles. The first kappa shape index (κ1) is 11.2. The second-order valence-electron chi connectivity index (χ2n) is 3.39. The molecule has 0 aliphatic rings. The minimum absolute atomic E-state index is 0.108. The summed E-state index contributed by atoms with van der Waals surface area (Å²) >= 11 is 7.23. The van der Waals surface area contributed by atoms with Crippen LogP contribution in [0.3, 0.4) is 0 Å². The first-order chi connectivity index (χ1) is 7.59. The molecular formula is C10H9ClN2O2S. The maximum atomic E-state index is 11.8. The Morgan fingerprint density at radius 3 is 2.88 bits per heavy atom. The number of nitrogens with one attached hydrogen (secondary N) is 1. The molecule has 0 saturated heterocycles. The lowest BCUT2D eigenvalue weighted by Gasteiger charge is -2.04. The molecule has 0 atom stereocenters. The molecule has 2 rings (SSSR count). The Balaban J connectivity index is 2.54. The molecule has 0 fully saturated rings. The number of H-pyrrole nitrogens is 1. The highest BCUT2D eigenvalue weighted by Gasteiger charge is 2.09. The first-order valence-electron chi connectivity index (χ1n) is 4.60. The maximum Gasteiger partial charge on any atom is 0.329 e. The zero-order valence-corrected chi connectivity index (χ0v) is 10.1. The molecule has 6 heteroatoms. The zero-order chi connectivity index (χ0) is 11.7. The number of aromatic nitrogens is 2. The molecule has 1 N–H and O–H groups in total. The second-order valence-corrected chi connectivity index (χ2v) is 4.55. The predicted octanol–water partition coefficient (Wildman–Crippen LogP) is 1.61. The van der Waals surface area contributed by atoms with Gasteiger partial charge in [0.1, 0.15) is 5.15 Å². The van der Waals surface area contributed by atoms with Crippen molar-refractivity contribution in [1.29, 1.82) is 0 Å². The number of aromatic amines is 1. The van der Waals surface area contributed by atoms with Gasteiger partial charge in [-0.1, -0.05) is 11.6 Å². The van der Waals surface area contributed by atoms with E-state index in [4.69, 9.17) is 11.6 Å². The molecule has 0 spiro atoms. The molecule has 0 aromatic carbocycles. The van der Waals surface area contributed by atoms with Crippen LogP contribution in [0.4, 0.5) is 0 Å². The lowest BCUT2D eigenvalue weighted by molar-refractivity contribution is 0.693. The summed E-state index contributed by atoms with van der Waals surface area (Å²) in [6, 6.07) is 1.88. The summed E-state index contributed by atoms with van der Waals surface area (Å²) in [5.41, 5.74) is 0.461. The molecule has 0 bridgehead atoms. The highest BCUT2D eigenvalue weighted by atomic mass is 35.5. The summed E-state index contributed by atoms with van der Waals surface area (Å²) < 4.78 is 1.14. The third kappa shape index (κ3) is 1.96. The number of hydrogen-bond acceptors (Lipinski definition) is 3. The highest BCUT2D eigenvalue weighted by Crippen LogP contribution is 2.07. The van der Waals surface area contributed by atoms with Crippen LogP contribution in [0.2, 0.25) is 5.15 Å². The van der Waals surface area contributed by atoms with Gasteiger partial charge in [0, 0.05) is 5.56 Å². The van der Waals surface area contributed by atoms with E-state index in [9.17, 15) is 9.59 Å². The van der Waals surface area contributed by atoms with Crippen LogP contribution in [0.5, 0.6) is 0 Å². The van der Waals surface area contributed by atoms with Gasteiger partial charge in [0.2, 0.25) is 0 Å². The van der Waals surface area contributed by atoms with Gasteiger partial charge in [-0.2, -0.15) is 11.3 Å². The van der Waals surface area contributed by atoms with E-state index in [0.29, 0.717) is 5.56 Å². The van der Waals surface area contributed by atoms with Crippen LogP contribution >= 0.6 is 22.9 Å². The van der Waals surface area contributed by atoms with Gasteiger partial charge in [0.15, 0.2) is 0 Å². The quantitative estimate of drug-likeness (QED) is 0.830. The van der Waals surface area contributed by atoms with Crippen molar-refractivity contribution < 1.29 is 0 Å². The van der Waals surface area contributed by atoms with Gasteiger partial charge in [-0.3, -0.25) is 14.3 Å². The molecule has 16 heavy (non-hydrogen) atoms. The van der Waals surface area contributed by atoms with Gasteiger partial charge >= 0.3 is 5.69 Å². The molecule has 84 valence electrons. The Morgan fingerprint density at radius 1 is 1.50 bits per heavy atom. The van der Waals surface area contributed by atoms with Crippen LogP contribution in [-0.4, -0.2) is 9.55 Å². The maximum absolute atomic E-state index is 11.8. The van der Waals surface area contributed by atoms with Crippen molar-refractivity contribution in [3.05, 3.63) is 53.9 Å². The third-order valence-corrected chi connectivity index (χ3v) is 3.39. The molecule has 0 aliphatic carbocycles. The average molecular weight is 257 g/mol. The summed E-state index contributed by atoms with van der Waals surface area (Å²) in [7, 11) is 0. The summed E-state index contributed by atoms with van der Waals surface area (Å²) in [4.78, 5) is 25.8. The lowest BCUT2D eigenvalue weighted by Crippen LogP contribution is -2.36. The largest absolute Gasteiger partial charge is 0.329 e. The van der Waals surface area contributed by atoms with Gasteiger partial charge in [0.05, 0.1) is 6.54 Å². The van der Waals surface area contributed by atoms with E-state index in [-0.39, 0.29) is 17.3 Å². The van der Waals surface area contributed by atoms with Crippen molar-refractivity contribution in [3.63, 3.8) is 0 Å². The number of nitrogens with zero attached hydrogens (tertiary/aromatic N) is 1. The summed E-state index contributed by atoms with van der Waals surface area (Å²) in [6.45, 7) is 1.86. The fourth-order valence-corrected chi connectivity index (χ4v) is 2.17. The topological polar surface area (TPSA) is 54.9 Å². The molecular weight excluding hydrogens is 248 g/mol. The van der Waals surface area contributed by atoms with Crippen molar-refractivity contribution >= 4 is 22.9 Å². The van der Waals surface area contributed by atoms with Gasteiger partial charge in [0.25, 0.3) is 5.56 Å². The van der Waals surface area contributed by atoms with E-state index in [2.05, 4.69) is 4.98 Å². The van der Waals surface area contributed by atoms with E-state index < -0.39 is 5.69 Å². The molecule has 0 amide bonds. The van der Waals surface area contributed by atoms with E-state index in [1.54, 1.807) is 6.92 Å². The van der Waals surface area contributed by atoms with Crippen LogP contribution in [0.25, 0.3) is 0 Å². The minimum Gasteiger partial charge on any atom is -0.297 e. The fourth-order valence-electron chi connectivity index (χ4n) is 1.35. The number of rotatable bonds is 2. The van der Waals surface area contributed by atoms with Gasteiger partial charge in [-0.25, -0.2) is 4.79 Å². The third-order valence-electron chi connectivity index (χ3n) is 2.28. The highest BCUT2D eigenvalue weighted by molar-refractivity contribution is 7.07. The van der Waals surface area contributed by atoms with E-state index in [1.807, 2.05) is 16.8 Å². The molecule has 0 radical (unpaired) electrons. The standard InChI is InChI=1S/C10H9ClN2O2S/c1-6-8(11)12-10(15)13(9(6)14)4-7-2-3-16-5-7/h2-3,5H,4H2,1H3,(H,12,15). The summed E-state index contributed by atoms with van der Waals surface area (Å²) in [5.74, 6) is 0. The number of hydrogen-bond donors (Lipinski definition) is 1. The zero-order valence-electron chi connectivity index (χ0n) is 8.49. The Hall–Kier alpha value is -1.33. The second kappa shape index (κ2) is 4.27. The smallest absolute Gasteiger partial charge is 0.297 e. The predicted molar refractivity (Wildman–Crippen MR) is 64.5 cm³/mol. The van der Waals surface area contributed by atoms with Gasteiger partial charge < -0.3 is 0 Å². The van der Waals surface area contributed by atoms with Crippen LogP contribution in [-0.2, 0) is 6.54 Å². The molecule has 0 aliphatic heterocycles. The fraction of sp³-hybridized carbons (Fsp3) is 0.200. The number of halogens is 1. The normalized spacial score (nSPS) is 10.6. The summed E-state index contributed by atoms with van der Waals surface area (Å²) in [5, 5.41) is 3.91. The van der Waals surface area contributed by atoms with Crippen LogP contribution < -0.4 is 11.2 Å². The van der Waals surface area contributed by atoms with E-state index in [0.717, 1.165) is 10.1 Å². The molecule has 2 aromatic heterocycles. The Bertz CT molecular complexity index is 613. The van der Waals surface area contributed by atoms with Crippen molar-refractivity contribution in [2.24, 2.45) is 0 Å². The Morgan fingerprint density at radius 2 is 2.25 bits per heavy atom. The van der Waals surface area contributed by atoms with Crippen LogP contribution in [0, 0.1) is 6.92 Å². The molecule has 0 unspecified atom stereocenters. The van der Waals surface area contributed by atoms with Crippen molar-refractivity contribution in [2.75, 3.05) is 0 Å². The van der Waals surface area contributed by atoms with Crippen molar-refractivity contribution in [3.8, 4) is 0 Å². The van der Waals surface area contributed by atoms with Crippen molar-refractivity contribution in [1.82, 2.24) is 9.55 Å². The van der Waals surface area contributed by atoms with E-state index >= 15 is 0 Å². The van der Waals surface area contributed by atoms with Crippen LogP contribution in [0.1, 0.15) is 11.1 Å². The monoisotopic (exact) mass is 256 g/mol. The average Bonchev–Trinajstić information content (AvgIpc) is 2.74. The Kier molecular flexibility index (Phi) is 2.98. The molecule has 0 saturated carbocycles. The van der Waals surface area contributed by atoms with Crippen LogP contribution in [0.15, 0.2) is 26.4 Å². The number of thiophene rings is 1. The SMILES string of the molecule is Cc1c(Cl)[nH]c(=O)n(Cc2ccsc2)c1=O. The summed E-state index contributed by atoms with van der Waals surface area (Å²) in [6.07, 6.45) is 0. The lowest BCUT2D eigenvalue weighted by atomic mass is 10.3. The van der Waals surface area contributed by atoms with Gasteiger partial charge in [-0.15, -0.1) is 0 Å². The van der Waals surface area contributed by atoms with Gasteiger partial charge in [-0.05, 0) is 29.3 Å². The molecule has 4 nitrogen and oxygen atoms in total. The first-order valence-corrected chi connectivity index (χ1v) is 5.92.